The van der Waals surface area contributed by atoms with E-state index >= 15 is 0 Å². The first-order valence-electron chi connectivity index (χ1n) is 8.08. The van der Waals surface area contributed by atoms with Gasteiger partial charge in [-0.05, 0) is 25.0 Å². The highest BCUT2D eigenvalue weighted by atomic mass is 19.4. The zero-order valence-electron chi connectivity index (χ0n) is 13.7. The second-order valence-corrected chi connectivity index (χ2v) is 6.21. The molecule has 2 aliphatic rings. The van der Waals surface area contributed by atoms with Gasteiger partial charge in [0.1, 0.15) is 25.0 Å². The zero-order valence-corrected chi connectivity index (χ0v) is 13.7. The Hall–Kier alpha value is -2.83. The maximum Gasteiger partial charge on any atom is 0.406 e. The minimum atomic E-state index is -4.61. The van der Waals surface area contributed by atoms with Gasteiger partial charge in [0.05, 0.1) is 5.56 Å². The summed E-state index contributed by atoms with van der Waals surface area (Å²) >= 11 is 0. The van der Waals surface area contributed by atoms with Crippen LogP contribution in [-0.4, -0.2) is 65.1 Å². The number of urea groups is 1. The largest absolute Gasteiger partial charge is 0.406 e. The van der Waals surface area contributed by atoms with Crippen LogP contribution in [0.25, 0.3) is 0 Å². The molecule has 1 aromatic heterocycles. The van der Waals surface area contributed by atoms with Crippen LogP contribution in [0, 0.1) is 11.3 Å². The van der Waals surface area contributed by atoms with Crippen molar-refractivity contribution in [2.24, 2.45) is 0 Å². The predicted octanol–water partition coefficient (Wildman–Crippen LogP) is 1.75. The number of hydrogen-bond donors (Lipinski definition) is 0. The monoisotopic (exact) mass is 367 g/mol. The molecule has 2 saturated heterocycles. The number of imide groups is 1. The van der Waals surface area contributed by atoms with E-state index in [9.17, 15) is 22.8 Å². The number of aromatic nitrogens is 1. The minimum Gasteiger partial charge on any atom is -0.355 e. The highest BCUT2D eigenvalue weighted by molar-refractivity contribution is 6.02. The molecule has 3 heterocycles. The van der Waals surface area contributed by atoms with E-state index in [1.54, 1.807) is 18.3 Å². The van der Waals surface area contributed by atoms with Crippen molar-refractivity contribution in [2.75, 3.05) is 31.1 Å². The average molecular weight is 367 g/mol. The Labute approximate surface area is 147 Å². The lowest BCUT2D eigenvalue weighted by atomic mass is 10.0. The number of carbonyl (C=O) groups is 2. The lowest BCUT2D eigenvalue weighted by Crippen LogP contribution is -2.47. The molecule has 1 aromatic rings. The molecule has 10 heteroatoms. The summed E-state index contributed by atoms with van der Waals surface area (Å²) in [6.45, 7) is -0.896. The third-order valence-electron chi connectivity index (χ3n) is 4.53. The van der Waals surface area contributed by atoms with Crippen molar-refractivity contribution >= 4 is 17.8 Å². The van der Waals surface area contributed by atoms with Crippen molar-refractivity contribution in [3.05, 3.63) is 23.9 Å². The highest BCUT2D eigenvalue weighted by Crippen LogP contribution is 2.27. The minimum absolute atomic E-state index is 0.263. The number of halogens is 3. The van der Waals surface area contributed by atoms with Gasteiger partial charge in [0.2, 0.25) is 0 Å². The van der Waals surface area contributed by atoms with Crippen LogP contribution >= 0.6 is 0 Å². The van der Waals surface area contributed by atoms with E-state index < -0.39 is 24.7 Å². The number of rotatable bonds is 3. The first kappa shape index (κ1) is 18.0. The lowest BCUT2D eigenvalue weighted by Gasteiger charge is -2.36. The van der Waals surface area contributed by atoms with Crippen molar-refractivity contribution in [2.45, 2.75) is 25.1 Å². The van der Waals surface area contributed by atoms with E-state index in [1.807, 2.05) is 4.90 Å². The Bertz CT molecular complexity index is 753. The van der Waals surface area contributed by atoms with Crippen LogP contribution in [0.4, 0.5) is 23.8 Å². The molecule has 0 N–H and O–H groups in total. The molecule has 0 bridgehead atoms. The first-order valence-corrected chi connectivity index (χ1v) is 8.08. The van der Waals surface area contributed by atoms with Crippen molar-refractivity contribution < 1.29 is 22.8 Å². The van der Waals surface area contributed by atoms with Gasteiger partial charge in [-0.1, -0.05) is 0 Å². The van der Waals surface area contributed by atoms with Crippen molar-refractivity contribution in [3.8, 4) is 6.07 Å². The molecule has 3 rings (SSSR count). The number of pyridine rings is 1. The number of hydrogen-bond acceptors (Lipinski definition) is 5. The molecule has 0 atom stereocenters. The first-order chi connectivity index (χ1) is 12.3. The predicted molar refractivity (Wildman–Crippen MR) is 84.1 cm³/mol. The van der Waals surface area contributed by atoms with Gasteiger partial charge in [0.15, 0.2) is 0 Å². The Kier molecular flexibility index (Phi) is 4.71. The average Bonchev–Trinajstić information content (AvgIpc) is 2.88. The molecule has 0 unspecified atom stereocenters. The van der Waals surface area contributed by atoms with E-state index in [4.69, 9.17) is 5.26 Å². The quantitative estimate of drug-likeness (QED) is 0.761. The summed E-state index contributed by atoms with van der Waals surface area (Å²) in [4.78, 5) is 31.6. The van der Waals surface area contributed by atoms with Gasteiger partial charge in [-0.3, -0.25) is 9.69 Å². The summed E-state index contributed by atoms with van der Waals surface area (Å²) < 4.78 is 37.6. The van der Waals surface area contributed by atoms with Gasteiger partial charge >= 0.3 is 12.2 Å². The molecule has 0 aromatic carbocycles. The summed E-state index contributed by atoms with van der Waals surface area (Å²) in [5.41, 5.74) is 0.440. The Balaban J connectivity index is 1.65. The molecule has 3 amide bonds. The van der Waals surface area contributed by atoms with Gasteiger partial charge in [-0.25, -0.2) is 9.78 Å². The molecule has 7 nitrogen and oxygen atoms in total. The van der Waals surface area contributed by atoms with Crippen LogP contribution in [0.15, 0.2) is 18.3 Å². The maximum atomic E-state index is 12.5. The molecule has 2 aliphatic heterocycles. The summed E-state index contributed by atoms with van der Waals surface area (Å²) in [6, 6.07) is 4.20. The fourth-order valence-electron chi connectivity index (χ4n) is 3.31. The van der Waals surface area contributed by atoms with Crippen LogP contribution in [0.3, 0.4) is 0 Å². The second-order valence-electron chi connectivity index (χ2n) is 6.21. The number of alkyl halides is 3. The van der Waals surface area contributed by atoms with E-state index in [2.05, 4.69) is 11.1 Å². The van der Waals surface area contributed by atoms with Crippen LogP contribution in [0.5, 0.6) is 0 Å². The van der Waals surface area contributed by atoms with E-state index in [-0.39, 0.29) is 17.5 Å². The van der Waals surface area contributed by atoms with Gasteiger partial charge < -0.3 is 9.80 Å². The second kappa shape index (κ2) is 6.82. The molecule has 26 heavy (non-hydrogen) atoms. The highest BCUT2D eigenvalue weighted by Gasteiger charge is 2.45. The van der Waals surface area contributed by atoms with E-state index in [0.717, 1.165) is 0 Å². The summed E-state index contributed by atoms with van der Waals surface area (Å²) in [5, 5.41) is 9.16. The number of amides is 3. The molecule has 138 valence electrons. The number of carbonyl (C=O) groups excluding carboxylic acids is 2. The van der Waals surface area contributed by atoms with Gasteiger partial charge in [0.25, 0.3) is 5.91 Å². The third-order valence-corrected chi connectivity index (χ3v) is 4.53. The SMILES string of the molecule is N#Cc1cccnc1N1CCC(N2CC(=O)N(CC(F)(F)F)C2=O)CC1. The van der Waals surface area contributed by atoms with Crippen molar-refractivity contribution in [1.29, 1.82) is 5.26 Å². The molecule has 0 aliphatic carbocycles. The third kappa shape index (κ3) is 3.56. The Morgan fingerprint density at radius 2 is 1.96 bits per heavy atom. The van der Waals surface area contributed by atoms with Gasteiger partial charge in [-0.15, -0.1) is 0 Å². The standard InChI is InChI=1S/C16H16F3N5O2/c17-16(18,19)10-24-13(25)9-23(15(24)26)12-3-6-22(7-4-12)14-11(8-20)2-1-5-21-14/h1-2,5,12H,3-4,6-7,9-10H2. The fourth-order valence-corrected chi connectivity index (χ4v) is 3.31. The molecule has 0 spiro atoms. The van der Waals surface area contributed by atoms with Gasteiger partial charge in [-0.2, -0.15) is 18.4 Å². The van der Waals surface area contributed by atoms with Crippen LogP contribution < -0.4 is 4.90 Å². The summed E-state index contributed by atoms with van der Waals surface area (Å²) in [5.74, 6) is -0.276. The van der Waals surface area contributed by atoms with Crippen LogP contribution in [0.2, 0.25) is 0 Å². The maximum absolute atomic E-state index is 12.5. The Morgan fingerprint density at radius 3 is 2.58 bits per heavy atom. The van der Waals surface area contributed by atoms with Gasteiger partial charge in [0, 0.05) is 25.3 Å². The Morgan fingerprint density at radius 1 is 1.27 bits per heavy atom. The van der Waals surface area contributed by atoms with E-state index in [1.165, 1.54) is 4.90 Å². The molecular weight excluding hydrogens is 351 g/mol. The topological polar surface area (TPSA) is 80.5 Å². The van der Waals surface area contributed by atoms with E-state index in [0.29, 0.717) is 37.3 Å². The van der Waals surface area contributed by atoms with Crippen molar-refractivity contribution in [1.82, 2.24) is 14.8 Å². The smallest absolute Gasteiger partial charge is 0.355 e. The number of nitriles is 1. The number of piperidine rings is 1. The molecule has 0 saturated carbocycles. The molecular formula is C16H16F3N5O2. The normalized spacial score (nSPS) is 19.2. The number of nitrogens with zero attached hydrogens (tertiary/aromatic N) is 5. The number of anilines is 1. The van der Waals surface area contributed by atoms with Crippen LogP contribution in [-0.2, 0) is 4.79 Å². The van der Waals surface area contributed by atoms with Crippen molar-refractivity contribution in [3.63, 3.8) is 0 Å². The van der Waals surface area contributed by atoms with Crippen LogP contribution in [0.1, 0.15) is 18.4 Å². The lowest BCUT2D eigenvalue weighted by molar-refractivity contribution is -0.151. The summed E-state index contributed by atoms with van der Waals surface area (Å²) in [6.07, 6.45) is -2.06. The fraction of sp³-hybridized carbons (Fsp3) is 0.500. The molecule has 0 radical (unpaired) electrons. The summed E-state index contributed by atoms with van der Waals surface area (Å²) in [7, 11) is 0. The molecule has 2 fully saturated rings. The zero-order chi connectivity index (χ0) is 18.9.